The zero-order valence-electron chi connectivity index (χ0n) is 13.7. The number of carbonyl (C=O) groups is 1. The number of carbonyl (C=O) groups excluding carboxylic acids is 1. The fourth-order valence-electron chi connectivity index (χ4n) is 2.79. The molecule has 1 aromatic carbocycles. The van der Waals surface area contributed by atoms with Crippen molar-refractivity contribution in [1.82, 2.24) is 14.8 Å². The summed E-state index contributed by atoms with van der Waals surface area (Å²) in [5, 5.41) is 3.04. The standard InChI is InChI=1S/C17H18F3N3OS/c1-12-11-25-15(21-12)10-22-5-7-23(8-6-22)16(24)13-3-2-4-14(9-13)17(18,19)20/h2-4,9,11H,5-8,10H2,1H3. The van der Waals surface area contributed by atoms with E-state index < -0.39 is 11.7 Å². The van der Waals surface area contributed by atoms with Gasteiger partial charge in [-0.05, 0) is 25.1 Å². The lowest BCUT2D eigenvalue weighted by atomic mass is 10.1. The third-order valence-corrected chi connectivity index (χ3v) is 5.07. The van der Waals surface area contributed by atoms with Gasteiger partial charge in [0.15, 0.2) is 0 Å². The van der Waals surface area contributed by atoms with Crippen LogP contribution in [0.3, 0.4) is 0 Å². The SMILES string of the molecule is Cc1csc(CN2CCN(C(=O)c3cccc(C(F)(F)F)c3)CC2)n1. The third kappa shape index (κ3) is 4.38. The molecule has 0 spiro atoms. The lowest BCUT2D eigenvalue weighted by Gasteiger charge is -2.34. The number of halogens is 3. The Bertz CT molecular complexity index is 752. The lowest BCUT2D eigenvalue weighted by Crippen LogP contribution is -2.48. The number of alkyl halides is 3. The van der Waals surface area contributed by atoms with E-state index in [9.17, 15) is 18.0 Å². The van der Waals surface area contributed by atoms with Gasteiger partial charge in [-0.15, -0.1) is 11.3 Å². The average molecular weight is 369 g/mol. The summed E-state index contributed by atoms with van der Waals surface area (Å²) in [5.41, 5.74) is 0.285. The van der Waals surface area contributed by atoms with E-state index in [4.69, 9.17) is 0 Å². The highest BCUT2D eigenvalue weighted by Crippen LogP contribution is 2.29. The van der Waals surface area contributed by atoms with Gasteiger partial charge in [-0.1, -0.05) is 6.07 Å². The number of rotatable bonds is 3. The Hall–Kier alpha value is -1.93. The third-order valence-electron chi connectivity index (χ3n) is 4.12. The highest BCUT2D eigenvalue weighted by atomic mass is 32.1. The average Bonchev–Trinajstić information content (AvgIpc) is 2.99. The van der Waals surface area contributed by atoms with Gasteiger partial charge in [0.05, 0.1) is 12.1 Å². The molecule has 3 rings (SSSR count). The molecule has 1 aliphatic rings. The van der Waals surface area contributed by atoms with Crippen LogP contribution in [0.15, 0.2) is 29.6 Å². The molecule has 0 saturated carbocycles. The number of benzene rings is 1. The first-order valence-corrected chi connectivity index (χ1v) is 8.81. The van der Waals surface area contributed by atoms with Crippen molar-refractivity contribution in [2.45, 2.75) is 19.6 Å². The van der Waals surface area contributed by atoms with Gasteiger partial charge in [0, 0.05) is 42.8 Å². The molecule has 25 heavy (non-hydrogen) atoms. The second-order valence-electron chi connectivity index (χ2n) is 6.03. The minimum absolute atomic E-state index is 0.0822. The first-order chi connectivity index (χ1) is 11.8. The molecular weight excluding hydrogens is 351 g/mol. The molecule has 1 aromatic heterocycles. The fraction of sp³-hybridized carbons (Fsp3) is 0.412. The molecule has 0 aliphatic carbocycles. The highest BCUT2D eigenvalue weighted by Gasteiger charge is 2.31. The van der Waals surface area contributed by atoms with E-state index in [2.05, 4.69) is 9.88 Å². The van der Waals surface area contributed by atoms with Gasteiger partial charge >= 0.3 is 6.18 Å². The summed E-state index contributed by atoms with van der Waals surface area (Å²) >= 11 is 1.61. The monoisotopic (exact) mass is 369 g/mol. The zero-order chi connectivity index (χ0) is 18.0. The minimum atomic E-state index is -4.44. The second kappa shape index (κ2) is 7.13. The van der Waals surface area contributed by atoms with Crippen molar-refractivity contribution in [3.05, 3.63) is 51.5 Å². The molecule has 0 radical (unpaired) electrons. The number of nitrogens with zero attached hydrogens (tertiary/aromatic N) is 3. The first kappa shape index (κ1) is 17.9. The van der Waals surface area contributed by atoms with Crippen molar-refractivity contribution in [2.24, 2.45) is 0 Å². The number of piperazine rings is 1. The Balaban J connectivity index is 1.60. The molecular formula is C17H18F3N3OS. The van der Waals surface area contributed by atoms with Gasteiger partial charge in [0.25, 0.3) is 5.91 Å². The molecule has 0 atom stereocenters. The van der Waals surface area contributed by atoms with E-state index in [0.717, 1.165) is 29.4 Å². The van der Waals surface area contributed by atoms with Crippen molar-refractivity contribution < 1.29 is 18.0 Å². The highest BCUT2D eigenvalue weighted by molar-refractivity contribution is 7.09. The molecule has 1 fully saturated rings. The van der Waals surface area contributed by atoms with Crippen LogP contribution in [0.4, 0.5) is 13.2 Å². The van der Waals surface area contributed by atoms with E-state index >= 15 is 0 Å². The normalized spacial score (nSPS) is 16.2. The predicted octanol–water partition coefficient (Wildman–Crippen LogP) is 3.43. The molecule has 1 aliphatic heterocycles. The predicted molar refractivity (Wildman–Crippen MR) is 89.5 cm³/mol. The summed E-state index contributed by atoms with van der Waals surface area (Å²) in [7, 11) is 0. The number of thiazole rings is 1. The van der Waals surface area contributed by atoms with Crippen molar-refractivity contribution in [2.75, 3.05) is 26.2 Å². The second-order valence-corrected chi connectivity index (χ2v) is 6.97. The summed E-state index contributed by atoms with van der Waals surface area (Å²) < 4.78 is 38.4. The molecule has 8 heteroatoms. The van der Waals surface area contributed by atoms with Crippen LogP contribution in [0, 0.1) is 6.92 Å². The van der Waals surface area contributed by atoms with Crippen LogP contribution in [0.25, 0.3) is 0 Å². The summed E-state index contributed by atoms with van der Waals surface area (Å²) in [4.78, 5) is 20.7. The van der Waals surface area contributed by atoms with E-state index in [1.807, 2.05) is 12.3 Å². The molecule has 134 valence electrons. The Morgan fingerprint density at radius 3 is 2.56 bits per heavy atom. The maximum Gasteiger partial charge on any atom is 0.416 e. The van der Waals surface area contributed by atoms with E-state index in [1.54, 1.807) is 16.2 Å². The van der Waals surface area contributed by atoms with Crippen LogP contribution in [0.5, 0.6) is 0 Å². The topological polar surface area (TPSA) is 36.4 Å². The summed E-state index contributed by atoms with van der Waals surface area (Å²) in [6, 6.07) is 4.61. The lowest BCUT2D eigenvalue weighted by molar-refractivity contribution is -0.137. The Kier molecular flexibility index (Phi) is 5.10. The van der Waals surface area contributed by atoms with Crippen molar-refractivity contribution in [3.8, 4) is 0 Å². The van der Waals surface area contributed by atoms with Gasteiger partial charge in [0.1, 0.15) is 5.01 Å². The van der Waals surface area contributed by atoms with Crippen molar-refractivity contribution >= 4 is 17.2 Å². The smallest absolute Gasteiger partial charge is 0.336 e. The van der Waals surface area contributed by atoms with Gasteiger partial charge in [-0.25, -0.2) is 4.98 Å². The molecule has 2 heterocycles. The van der Waals surface area contributed by atoms with Gasteiger partial charge < -0.3 is 4.90 Å². The molecule has 0 N–H and O–H groups in total. The Morgan fingerprint density at radius 1 is 1.24 bits per heavy atom. The Labute approximate surface area is 147 Å². The molecule has 0 unspecified atom stereocenters. The molecule has 0 bridgehead atoms. The summed E-state index contributed by atoms with van der Waals surface area (Å²) in [6.07, 6.45) is -4.44. The minimum Gasteiger partial charge on any atom is -0.336 e. The van der Waals surface area contributed by atoms with Gasteiger partial charge in [-0.3, -0.25) is 9.69 Å². The zero-order valence-corrected chi connectivity index (χ0v) is 14.5. The molecule has 1 saturated heterocycles. The van der Waals surface area contributed by atoms with Crippen molar-refractivity contribution in [1.29, 1.82) is 0 Å². The van der Waals surface area contributed by atoms with Crippen LogP contribution in [-0.4, -0.2) is 46.9 Å². The van der Waals surface area contributed by atoms with Crippen LogP contribution in [-0.2, 0) is 12.7 Å². The summed E-state index contributed by atoms with van der Waals surface area (Å²) in [5.74, 6) is -0.351. The van der Waals surface area contributed by atoms with Crippen LogP contribution >= 0.6 is 11.3 Å². The van der Waals surface area contributed by atoms with Gasteiger partial charge in [-0.2, -0.15) is 13.2 Å². The largest absolute Gasteiger partial charge is 0.416 e. The maximum absolute atomic E-state index is 12.8. The quantitative estimate of drug-likeness (QED) is 0.832. The van der Waals surface area contributed by atoms with E-state index in [1.165, 1.54) is 12.1 Å². The van der Waals surface area contributed by atoms with Crippen LogP contribution in [0.1, 0.15) is 26.6 Å². The van der Waals surface area contributed by atoms with Crippen LogP contribution in [0.2, 0.25) is 0 Å². The number of hydrogen-bond acceptors (Lipinski definition) is 4. The number of hydrogen-bond donors (Lipinski definition) is 0. The Morgan fingerprint density at radius 2 is 1.96 bits per heavy atom. The van der Waals surface area contributed by atoms with Crippen LogP contribution < -0.4 is 0 Å². The summed E-state index contributed by atoms with van der Waals surface area (Å²) in [6.45, 7) is 5.06. The molecule has 1 amide bonds. The van der Waals surface area contributed by atoms with Gasteiger partial charge in [0.2, 0.25) is 0 Å². The number of aryl methyl sites for hydroxylation is 1. The number of aromatic nitrogens is 1. The molecule has 2 aromatic rings. The number of amides is 1. The first-order valence-electron chi connectivity index (χ1n) is 7.93. The maximum atomic E-state index is 12.8. The fourth-order valence-corrected chi connectivity index (χ4v) is 3.60. The van der Waals surface area contributed by atoms with Crippen molar-refractivity contribution in [3.63, 3.8) is 0 Å². The molecule has 4 nitrogen and oxygen atoms in total. The van der Waals surface area contributed by atoms with E-state index in [0.29, 0.717) is 26.2 Å². The van der Waals surface area contributed by atoms with E-state index in [-0.39, 0.29) is 11.5 Å².